The first kappa shape index (κ1) is 24.5. The molecule has 2 aliphatic carbocycles. The van der Waals surface area contributed by atoms with Gasteiger partial charge in [0.05, 0.1) is 6.04 Å². The van der Waals surface area contributed by atoms with Gasteiger partial charge in [0.2, 0.25) is 5.91 Å². The van der Waals surface area contributed by atoms with Gasteiger partial charge in [-0.2, -0.15) is 0 Å². The van der Waals surface area contributed by atoms with Gasteiger partial charge in [0.1, 0.15) is 6.61 Å². The van der Waals surface area contributed by atoms with Crippen LogP contribution >= 0.6 is 0 Å². The number of benzene rings is 2. The fraction of sp³-hybridized carbons (Fsp3) is 0.393. The number of aliphatic carboxylic acids is 1. The monoisotopic (exact) mass is 476 g/mol. The van der Waals surface area contributed by atoms with E-state index in [2.05, 4.69) is 34.9 Å². The molecule has 0 unspecified atom stereocenters. The van der Waals surface area contributed by atoms with Gasteiger partial charge >= 0.3 is 12.1 Å². The smallest absolute Gasteiger partial charge is 0.407 e. The summed E-state index contributed by atoms with van der Waals surface area (Å²) in [6.07, 6.45) is 6.80. The lowest BCUT2D eigenvalue weighted by molar-refractivity contribution is -0.137. The molecule has 0 spiro atoms. The average Bonchev–Trinajstić information content (AvgIpc) is 3.18. The maximum atomic E-state index is 12.6. The molecule has 3 N–H and O–H groups in total. The summed E-state index contributed by atoms with van der Waals surface area (Å²) in [5.41, 5.74) is 4.70. The molecule has 2 aromatic carbocycles. The molecule has 2 amide bonds. The molecule has 0 radical (unpaired) electrons. The first-order valence-corrected chi connectivity index (χ1v) is 12.3. The zero-order valence-corrected chi connectivity index (χ0v) is 19.7. The van der Waals surface area contributed by atoms with Crippen LogP contribution in [0.15, 0.2) is 60.7 Å². The molecule has 0 heterocycles. The van der Waals surface area contributed by atoms with Crippen molar-refractivity contribution in [2.45, 2.75) is 50.5 Å². The van der Waals surface area contributed by atoms with E-state index in [1.165, 1.54) is 22.3 Å². The molecule has 2 aromatic rings. The van der Waals surface area contributed by atoms with Crippen LogP contribution in [0.3, 0.4) is 0 Å². The molecule has 7 heteroatoms. The number of hydrogen-bond acceptors (Lipinski definition) is 4. The fourth-order valence-electron chi connectivity index (χ4n) is 4.93. The number of nitrogens with one attached hydrogen (secondary N) is 2. The summed E-state index contributed by atoms with van der Waals surface area (Å²) in [7, 11) is 0. The Morgan fingerprint density at radius 2 is 1.63 bits per heavy atom. The molecule has 0 fully saturated rings. The van der Waals surface area contributed by atoms with Crippen LogP contribution in [0.4, 0.5) is 4.79 Å². The number of carbonyl (C=O) groups excluding carboxylic acids is 2. The number of alkyl carbamates (subject to hydrolysis) is 1. The number of amides is 2. The summed E-state index contributed by atoms with van der Waals surface area (Å²) in [4.78, 5) is 35.6. The summed E-state index contributed by atoms with van der Waals surface area (Å²) < 4.78 is 5.63. The second-order valence-electron chi connectivity index (χ2n) is 9.17. The summed E-state index contributed by atoms with van der Waals surface area (Å²) in [5, 5.41) is 14.5. The SMILES string of the molecule is O=C(O)CCCCCNC(=O)[C@@H]1CC=C[C@@H](NC(=O)OCC2c3ccccc3-c3ccccc32)C1. The van der Waals surface area contributed by atoms with Crippen LogP contribution < -0.4 is 10.6 Å². The minimum atomic E-state index is -0.794. The summed E-state index contributed by atoms with van der Waals surface area (Å²) >= 11 is 0. The number of carbonyl (C=O) groups is 3. The fourth-order valence-corrected chi connectivity index (χ4v) is 4.93. The van der Waals surface area contributed by atoms with E-state index < -0.39 is 12.1 Å². The van der Waals surface area contributed by atoms with Crippen LogP contribution in [0.5, 0.6) is 0 Å². The van der Waals surface area contributed by atoms with Crippen LogP contribution in [0.1, 0.15) is 55.6 Å². The van der Waals surface area contributed by atoms with Crippen LogP contribution in [0.25, 0.3) is 11.1 Å². The number of allylic oxidation sites excluding steroid dienone is 1. The molecule has 184 valence electrons. The van der Waals surface area contributed by atoms with Gasteiger partial charge in [-0.15, -0.1) is 0 Å². The second-order valence-corrected chi connectivity index (χ2v) is 9.17. The van der Waals surface area contributed by atoms with Crippen LogP contribution in [-0.4, -0.2) is 42.3 Å². The van der Waals surface area contributed by atoms with Gasteiger partial charge in [-0.25, -0.2) is 4.79 Å². The molecule has 7 nitrogen and oxygen atoms in total. The Balaban J connectivity index is 1.23. The Bertz CT molecular complexity index is 1050. The third kappa shape index (κ3) is 6.29. The largest absolute Gasteiger partial charge is 0.481 e. The van der Waals surface area contributed by atoms with Crippen molar-refractivity contribution < 1.29 is 24.2 Å². The van der Waals surface area contributed by atoms with Crippen molar-refractivity contribution in [3.63, 3.8) is 0 Å². The van der Waals surface area contributed by atoms with E-state index in [1.54, 1.807) is 0 Å². The van der Waals surface area contributed by atoms with E-state index in [9.17, 15) is 14.4 Å². The average molecular weight is 477 g/mol. The van der Waals surface area contributed by atoms with Gasteiger partial charge < -0.3 is 20.5 Å². The Kier molecular flexibility index (Phi) is 8.19. The van der Waals surface area contributed by atoms with Crippen molar-refractivity contribution in [3.8, 4) is 11.1 Å². The molecule has 2 aliphatic rings. The second kappa shape index (κ2) is 11.7. The lowest BCUT2D eigenvalue weighted by Crippen LogP contribution is -2.41. The van der Waals surface area contributed by atoms with Crippen molar-refractivity contribution >= 4 is 18.0 Å². The number of carboxylic acid groups (broad SMARTS) is 1. The predicted octanol–water partition coefficient (Wildman–Crippen LogP) is 4.62. The number of carboxylic acids is 1. The first-order chi connectivity index (χ1) is 17.0. The van der Waals surface area contributed by atoms with Crippen molar-refractivity contribution in [2.24, 2.45) is 5.92 Å². The quantitative estimate of drug-likeness (QED) is 0.343. The molecule has 2 atom stereocenters. The zero-order chi connectivity index (χ0) is 24.6. The number of rotatable bonds is 10. The molecule has 4 rings (SSSR count). The third-order valence-electron chi connectivity index (χ3n) is 6.71. The van der Waals surface area contributed by atoms with Crippen molar-refractivity contribution in [3.05, 3.63) is 71.8 Å². The lowest BCUT2D eigenvalue weighted by atomic mass is 9.90. The number of unbranched alkanes of at least 4 members (excludes halogenated alkanes) is 2. The highest BCUT2D eigenvalue weighted by Gasteiger charge is 2.30. The van der Waals surface area contributed by atoms with Gasteiger partial charge in [0.25, 0.3) is 0 Å². The predicted molar refractivity (Wildman–Crippen MR) is 133 cm³/mol. The Morgan fingerprint density at radius 1 is 0.943 bits per heavy atom. The number of fused-ring (bicyclic) bond motifs is 3. The summed E-state index contributed by atoms with van der Waals surface area (Å²) in [6, 6.07) is 16.2. The third-order valence-corrected chi connectivity index (χ3v) is 6.71. The van der Waals surface area contributed by atoms with Gasteiger partial charge in [0, 0.05) is 24.8 Å². The van der Waals surface area contributed by atoms with Gasteiger partial charge in [-0.05, 0) is 47.9 Å². The highest BCUT2D eigenvalue weighted by atomic mass is 16.5. The normalized spacial score (nSPS) is 18.4. The van der Waals surface area contributed by atoms with Gasteiger partial charge in [-0.3, -0.25) is 9.59 Å². The van der Waals surface area contributed by atoms with E-state index in [0.29, 0.717) is 25.8 Å². The highest BCUT2D eigenvalue weighted by molar-refractivity contribution is 5.80. The van der Waals surface area contributed by atoms with Crippen molar-refractivity contribution in [1.29, 1.82) is 0 Å². The molecule has 0 saturated carbocycles. The minimum Gasteiger partial charge on any atom is -0.481 e. The van der Waals surface area contributed by atoms with Crippen molar-refractivity contribution in [1.82, 2.24) is 10.6 Å². The first-order valence-electron chi connectivity index (χ1n) is 12.3. The maximum Gasteiger partial charge on any atom is 0.407 e. The van der Waals surface area contributed by atoms with Gasteiger partial charge in [-0.1, -0.05) is 67.1 Å². The molecule has 35 heavy (non-hydrogen) atoms. The Labute approximate surface area is 205 Å². The zero-order valence-electron chi connectivity index (χ0n) is 19.7. The van der Waals surface area contributed by atoms with Crippen LogP contribution in [-0.2, 0) is 14.3 Å². The van der Waals surface area contributed by atoms with E-state index in [4.69, 9.17) is 9.84 Å². The minimum absolute atomic E-state index is 0.00377. The lowest BCUT2D eigenvalue weighted by Gasteiger charge is -2.25. The molecule has 0 bridgehead atoms. The van der Waals surface area contributed by atoms with E-state index in [1.807, 2.05) is 36.4 Å². The molecule has 0 aromatic heterocycles. The molecular weight excluding hydrogens is 444 g/mol. The standard InChI is InChI=1S/C28H32N2O5/c31-26(32)15-2-1-7-16-29-27(33)19-9-8-10-20(17-19)30-28(34)35-18-25-23-13-5-3-11-21(23)22-12-4-6-14-24(22)25/h3-6,8,10-14,19-20,25H,1-2,7,9,15-18H2,(H,29,33)(H,30,34)(H,31,32)/t19-,20-/m1/s1. The molecule has 0 saturated heterocycles. The molecule has 0 aliphatic heterocycles. The Morgan fingerprint density at radius 3 is 2.31 bits per heavy atom. The van der Waals surface area contributed by atoms with E-state index in [0.717, 1.165) is 12.8 Å². The summed E-state index contributed by atoms with van der Waals surface area (Å²) in [5.74, 6) is -1.04. The topological polar surface area (TPSA) is 105 Å². The highest BCUT2D eigenvalue weighted by Crippen LogP contribution is 2.44. The summed E-state index contributed by atoms with van der Waals surface area (Å²) in [6.45, 7) is 0.783. The van der Waals surface area contributed by atoms with Gasteiger partial charge in [0.15, 0.2) is 0 Å². The number of hydrogen-bond donors (Lipinski definition) is 3. The van der Waals surface area contributed by atoms with Crippen LogP contribution in [0.2, 0.25) is 0 Å². The van der Waals surface area contributed by atoms with E-state index >= 15 is 0 Å². The molecular formula is C28H32N2O5. The maximum absolute atomic E-state index is 12.6. The van der Waals surface area contributed by atoms with Crippen molar-refractivity contribution in [2.75, 3.05) is 13.2 Å². The number of ether oxygens (including phenoxy) is 1. The van der Waals surface area contributed by atoms with E-state index in [-0.39, 0.29) is 36.8 Å². The Hall–Kier alpha value is -3.61. The van der Waals surface area contributed by atoms with Crippen LogP contribution in [0, 0.1) is 5.92 Å².